The Morgan fingerprint density at radius 3 is 1.92 bits per heavy atom. The van der Waals surface area contributed by atoms with Crippen LogP contribution in [0.15, 0.2) is 48.5 Å². The van der Waals surface area contributed by atoms with E-state index in [1.165, 1.54) is 0 Å². The molecule has 0 saturated heterocycles. The van der Waals surface area contributed by atoms with Crippen LogP contribution in [-0.2, 0) is 16.1 Å². The number of amides is 2. The van der Waals surface area contributed by atoms with Crippen LogP contribution in [0.25, 0.3) is 0 Å². The van der Waals surface area contributed by atoms with Crippen LogP contribution < -0.4 is 20.1 Å². The number of ether oxygens (including phenoxy) is 2. The highest BCUT2D eigenvalue weighted by Gasteiger charge is 2.09. The van der Waals surface area contributed by atoms with E-state index < -0.39 is 0 Å². The lowest BCUT2D eigenvalue weighted by Crippen LogP contribution is -2.27. The Kier molecular flexibility index (Phi) is 6.19. The largest absolute Gasteiger partial charge is 0.497 e. The number of benzene rings is 2. The maximum Gasteiger partial charge on any atom is 0.233 e. The molecular weight excluding hydrogens is 308 g/mol. The van der Waals surface area contributed by atoms with Gasteiger partial charge in [0.25, 0.3) is 0 Å². The van der Waals surface area contributed by atoms with Crippen molar-refractivity contribution in [1.29, 1.82) is 0 Å². The van der Waals surface area contributed by atoms with E-state index in [1.54, 1.807) is 38.5 Å². The maximum atomic E-state index is 11.9. The zero-order chi connectivity index (χ0) is 17.4. The van der Waals surface area contributed by atoms with Crippen molar-refractivity contribution in [1.82, 2.24) is 5.32 Å². The molecule has 2 aromatic carbocycles. The summed E-state index contributed by atoms with van der Waals surface area (Å²) in [6.45, 7) is 0.360. The molecular formula is C18H20N2O4. The second-order valence-corrected chi connectivity index (χ2v) is 5.08. The number of rotatable bonds is 7. The summed E-state index contributed by atoms with van der Waals surface area (Å²) < 4.78 is 10.1. The van der Waals surface area contributed by atoms with Crippen molar-refractivity contribution >= 4 is 17.5 Å². The first-order chi connectivity index (χ1) is 11.6. The van der Waals surface area contributed by atoms with Crippen molar-refractivity contribution < 1.29 is 19.1 Å². The van der Waals surface area contributed by atoms with E-state index in [2.05, 4.69) is 10.6 Å². The average Bonchev–Trinajstić information content (AvgIpc) is 2.61. The van der Waals surface area contributed by atoms with E-state index >= 15 is 0 Å². The SMILES string of the molecule is COc1ccc(CNC(=O)CC(=O)Nc2ccc(OC)cc2)cc1. The van der Waals surface area contributed by atoms with Gasteiger partial charge in [-0.3, -0.25) is 9.59 Å². The third-order valence-electron chi connectivity index (χ3n) is 3.34. The Morgan fingerprint density at radius 1 is 0.833 bits per heavy atom. The monoisotopic (exact) mass is 328 g/mol. The van der Waals surface area contributed by atoms with Gasteiger partial charge in [-0.05, 0) is 42.0 Å². The van der Waals surface area contributed by atoms with Crippen LogP contribution >= 0.6 is 0 Å². The molecule has 2 rings (SSSR count). The Bertz CT molecular complexity index is 681. The van der Waals surface area contributed by atoms with E-state index in [4.69, 9.17) is 9.47 Å². The standard InChI is InChI=1S/C18H20N2O4/c1-23-15-7-3-13(4-8-15)12-19-17(21)11-18(22)20-14-5-9-16(24-2)10-6-14/h3-10H,11-12H2,1-2H3,(H,19,21)(H,20,22). The van der Waals surface area contributed by atoms with E-state index in [9.17, 15) is 9.59 Å². The predicted octanol–water partition coefficient (Wildman–Crippen LogP) is 2.35. The molecule has 6 nitrogen and oxygen atoms in total. The van der Waals surface area contributed by atoms with Gasteiger partial charge in [0.05, 0.1) is 14.2 Å². The second kappa shape index (κ2) is 8.57. The molecule has 0 radical (unpaired) electrons. The first-order valence-corrected chi connectivity index (χ1v) is 7.44. The van der Waals surface area contributed by atoms with Crippen LogP contribution in [0, 0.1) is 0 Å². The van der Waals surface area contributed by atoms with Gasteiger partial charge in [-0.25, -0.2) is 0 Å². The van der Waals surface area contributed by atoms with Gasteiger partial charge in [0, 0.05) is 12.2 Å². The van der Waals surface area contributed by atoms with Crippen LogP contribution in [0.5, 0.6) is 11.5 Å². The molecule has 0 unspecified atom stereocenters. The molecule has 0 bridgehead atoms. The van der Waals surface area contributed by atoms with Crippen molar-refractivity contribution in [3.63, 3.8) is 0 Å². The van der Waals surface area contributed by atoms with Gasteiger partial charge in [-0.2, -0.15) is 0 Å². The topological polar surface area (TPSA) is 76.7 Å². The molecule has 2 aromatic rings. The van der Waals surface area contributed by atoms with Crippen molar-refractivity contribution in [2.24, 2.45) is 0 Å². The molecule has 0 aliphatic heterocycles. The summed E-state index contributed by atoms with van der Waals surface area (Å²) in [5.74, 6) is 0.749. The van der Waals surface area contributed by atoms with E-state index in [0.29, 0.717) is 18.0 Å². The Balaban J connectivity index is 1.77. The van der Waals surface area contributed by atoms with Crippen molar-refractivity contribution in [3.05, 3.63) is 54.1 Å². The summed E-state index contributed by atoms with van der Waals surface area (Å²) in [4.78, 5) is 23.7. The summed E-state index contributed by atoms with van der Waals surface area (Å²) in [6.07, 6.45) is -0.234. The van der Waals surface area contributed by atoms with Crippen molar-refractivity contribution in [3.8, 4) is 11.5 Å². The van der Waals surface area contributed by atoms with Crippen LogP contribution in [0.1, 0.15) is 12.0 Å². The van der Waals surface area contributed by atoms with Crippen LogP contribution in [-0.4, -0.2) is 26.0 Å². The fourth-order valence-electron chi connectivity index (χ4n) is 2.03. The minimum atomic E-state index is -0.368. The van der Waals surface area contributed by atoms with E-state index in [1.807, 2.05) is 24.3 Å². The summed E-state index contributed by atoms with van der Waals surface area (Å²) in [6, 6.07) is 14.2. The molecule has 126 valence electrons. The molecule has 0 aromatic heterocycles. The Morgan fingerprint density at radius 2 is 1.38 bits per heavy atom. The number of carbonyl (C=O) groups excluding carboxylic acids is 2. The highest BCUT2D eigenvalue weighted by molar-refractivity contribution is 6.03. The summed E-state index contributed by atoms with van der Waals surface area (Å²) >= 11 is 0. The fourth-order valence-corrected chi connectivity index (χ4v) is 2.03. The molecule has 0 aliphatic rings. The normalized spacial score (nSPS) is 9.92. The zero-order valence-electron chi connectivity index (χ0n) is 13.7. The van der Waals surface area contributed by atoms with Crippen LogP contribution in [0.4, 0.5) is 5.69 Å². The van der Waals surface area contributed by atoms with Gasteiger partial charge in [-0.15, -0.1) is 0 Å². The van der Waals surface area contributed by atoms with Crippen molar-refractivity contribution in [2.75, 3.05) is 19.5 Å². The number of nitrogens with one attached hydrogen (secondary N) is 2. The summed E-state index contributed by atoms with van der Waals surface area (Å²) in [5.41, 5.74) is 1.54. The molecule has 24 heavy (non-hydrogen) atoms. The lowest BCUT2D eigenvalue weighted by atomic mass is 10.2. The molecule has 0 heterocycles. The average molecular weight is 328 g/mol. The van der Waals surface area contributed by atoms with Gasteiger partial charge in [-0.1, -0.05) is 12.1 Å². The molecule has 0 saturated carbocycles. The fraction of sp³-hybridized carbons (Fsp3) is 0.222. The van der Waals surface area contributed by atoms with Crippen molar-refractivity contribution in [2.45, 2.75) is 13.0 Å². The minimum absolute atomic E-state index is 0.234. The number of hydrogen-bond acceptors (Lipinski definition) is 4. The van der Waals surface area contributed by atoms with Gasteiger partial charge in [0.2, 0.25) is 11.8 Å². The molecule has 2 N–H and O–H groups in total. The summed E-state index contributed by atoms with van der Waals surface area (Å²) in [7, 11) is 3.17. The molecule has 0 spiro atoms. The first kappa shape index (κ1) is 17.3. The maximum absolute atomic E-state index is 11.9. The molecule has 0 aliphatic carbocycles. The molecule has 0 fully saturated rings. The molecule has 0 atom stereocenters. The predicted molar refractivity (Wildman–Crippen MR) is 91.1 cm³/mol. The number of anilines is 1. The third-order valence-corrected chi connectivity index (χ3v) is 3.34. The van der Waals surface area contributed by atoms with E-state index in [-0.39, 0.29) is 18.2 Å². The van der Waals surface area contributed by atoms with Crippen LogP contribution in [0.3, 0.4) is 0 Å². The molecule has 6 heteroatoms. The lowest BCUT2D eigenvalue weighted by Gasteiger charge is -2.08. The Labute approximate surface area is 140 Å². The first-order valence-electron chi connectivity index (χ1n) is 7.44. The number of methoxy groups -OCH3 is 2. The second-order valence-electron chi connectivity index (χ2n) is 5.08. The zero-order valence-corrected chi connectivity index (χ0v) is 13.7. The van der Waals surface area contributed by atoms with Gasteiger partial charge < -0.3 is 20.1 Å². The van der Waals surface area contributed by atoms with Gasteiger partial charge >= 0.3 is 0 Å². The van der Waals surface area contributed by atoms with Crippen LogP contribution in [0.2, 0.25) is 0 Å². The van der Waals surface area contributed by atoms with Gasteiger partial charge in [0.1, 0.15) is 17.9 Å². The highest BCUT2D eigenvalue weighted by Crippen LogP contribution is 2.15. The lowest BCUT2D eigenvalue weighted by molar-refractivity contribution is -0.126. The Hall–Kier alpha value is -3.02. The van der Waals surface area contributed by atoms with E-state index in [0.717, 1.165) is 11.3 Å². The minimum Gasteiger partial charge on any atom is -0.497 e. The summed E-state index contributed by atoms with van der Waals surface area (Å²) in [5, 5.41) is 5.38. The highest BCUT2D eigenvalue weighted by atomic mass is 16.5. The quantitative estimate of drug-likeness (QED) is 0.765. The molecule has 2 amide bonds. The number of hydrogen-bond donors (Lipinski definition) is 2. The smallest absolute Gasteiger partial charge is 0.233 e. The number of carbonyl (C=O) groups is 2. The third kappa shape index (κ3) is 5.31. The van der Waals surface area contributed by atoms with Gasteiger partial charge in [0.15, 0.2) is 0 Å².